The number of ether oxygens (including phenoxy) is 1. The van der Waals surface area contributed by atoms with E-state index in [1.165, 1.54) is 11.1 Å². The lowest BCUT2D eigenvalue weighted by atomic mass is 9.96. The van der Waals surface area contributed by atoms with Crippen LogP contribution in [0.25, 0.3) is 0 Å². The average Bonchev–Trinajstić information content (AvgIpc) is 2.43. The summed E-state index contributed by atoms with van der Waals surface area (Å²) in [4.78, 5) is 2.59. The van der Waals surface area contributed by atoms with Crippen molar-refractivity contribution in [2.24, 2.45) is 0 Å². The van der Waals surface area contributed by atoms with E-state index >= 15 is 0 Å². The van der Waals surface area contributed by atoms with E-state index in [0.717, 1.165) is 32.7 Å². The van der Waals surface area contributed by atoms with Crippen LogP contribution in [-0.4, -0.2) is 43.2 Å². The molecule has 0 aliphatic carbocycles. The third kappa shape index (κ3) is 2.69. The Kier molecular flexibility index (Phi) is 3.87. The lowest BCUT2D eigenvalue weighted by molar-refractivity contribution is -0.00973. The van der Waals surface area contributed by atoms with Gasteiger partial charge in [-0.05, 0) is 31.4 Å². The molecule has 0 bridgehead atoms. The molecule has 1 aromatic carbocycles. The van der Waals surface area contributed by atoms with Crippen molar-refractivity contribution < 1.29 is 4.74 Å². The summed E-state index contributed by atoms with van der Waals surface area (Å²) in [5.41, 5.74) is 2.86. The first-order chi connectivity index (χ1) is 9.25. The summed E-state index contributed by atoms with van der Waals surface area (Å²) in [6, 6.07) is 9.91. The van der Waals surface area contributed by atoms with Gasteiger partial charge in [0.1, 0.15) is 0 Å². The molecule has 0 spiro atoms. The first kappa shape index (κ1) is 13.1. The summed E-state index contributed by atoms with van der Waals surface area (Å²) in [6.07, 6.45) is 1.30. The topological polar surface area (TPSA) is 24.5 Å². The second kappa shape index (κ2) is 5.61. The maximum atomic E-state index is 6.04. The second-order valence-corrected chi connectivity index (χ2v) is 5.86. The predicted molar refractivity (Wildman–Crippen MR) is 77.3 cm³/mol. The summed E-state index contributed by atoms with van der Waals surface area (Å²) < 4.78 is 6.04. The Morgan fingerprint density at radius 3 is 2.74 bits per heavy atom. The fourth-order valence-corrected chi connectivity index (χ4v) is 3.35. The highest BCUT2D eigenvalue weighted by Crippen LogP contribution is 2.29. The smallest absolute Gasteiger partial charge is 0.0954 e. The molecule has 1 aromatic rings. The van der Waals surface area contributed by atoms with Gasteiger partial charge in [0, 0.05) is 31.7 Å². The van der Waals surface area contributed by atoms with Gasteiger partial charge >= 0.3 is 0 Å². The van der Waals surface area contributed by atoms with Crippen molar-refractivity contribution in [3.05, 3.63) is 35.4 Å². The molecule has 3 rings (SSSR count). The summed E-state index contributed by atoms with van der Waals surface area (Å²) >= 11 is 0. The third-order valence-electron chi connectivity index (χ3n) is 4.48. The van der Waals surface area contributed by atoms with Gasteiger partial charge in [-0.3, -0.25) is 4.90 Å². The van der Waals surface area contributed by atoms with E-state index in [-0.39, 0.29) is 6.10 Å². The van der Waals surface area contributed by atoms with Crippen molar-refractivity contribution >= 4 is 0 Å². The maximum Gasteiger partial charge on any atom is 0.0954 e. The first-order valence-electron chi connectivity index (χ1n) is 7.41. The van der Waals surface area contributed by atoms with Crippen molar-refractivity contribution in [2.45, 2.75) is 38.5 Å². The van der Waals surface area contributed by atoms with Crippen LogP contribution < -0.4 is 5.32 Å². The molecule has 1 fully saturated rings. The minimum Gasteiger partial charge on any atom is -0.372 e. The van der Waals surface area contributed by atoms with Gasteiger partial charge in [-0.2, -0.15) is 0 Å². The summed E-state index contributed by atoms with van der Waals surface area (Å²) in [5, 5.41) is 3.49. The average molecular weight is 260 g/mol. The molecule has 3 unspecified atom stereocenters. The van der Waals surface area contributed by atoms with E-state index in [0.29, 0.717) is 12.1 Å². The number of rotatable bonds is 2. The van der Waals surface area contributed by atoms with Gasteiger partial charge in [-0.25, -0.2) is 0 Å². The van der Waals surface area contributed by atoms with Gasteiger partial charge in [0.15, 0.2) is 0 Å². The number of nitrogens with one attached hydrogen (secondary N) is 1. The van der Waals surface area contributed by atoms with E-state index < -0.39 is 0 Å². The Balaban J connectivity index is 1.77. The summed E-state index contributed by atoms with van der Waals surface area (Å²) in [6.45, 7) is 8.64. The van der Waals surface area contributed by atoms with E-state index in [2.05, 4.69) is 48.3 Å². The highest BCUT2D eigenvalue weighted by atomic mass is 16.5. The van der Waals surface area contributed by atoms with E-state index in [4.69, 9.17) is 4.74 Å². The van der Waals surface area contributed by atoms with Gasteiger partial charge in [0.05, 0.1) is 12.7 Å². The lowest BCUT2D eigenvalue weighted by Gasteiger charge is -2.42. The molecular weight excluding hydrogens is 236 g/mol. The molecular formula is C16H24N2O. The van der Waals surface area contributed by atoms with Crippen LogP contribution in [0.3, 0.4) is 0 Å². The van der Waals surface area contributed by atoms with Crippen molar-refractivity contribution in [1.29, 1.82) is 0 Å². The van der Waals surface area contributed by atoms with Crippen LogP contribution in [0, 0.1) is 0 Å². The molecule has 104 valence electrons. The number of hydrogen-bond acceptors (Lipinski definition) is 3. The monoisotopic (exact) mass is 260 g/mol. The molecule has 1 saturated heterocycles. The molecule has 19 heavy (non-hydrogen) atoms. The van der Waals surface area contributed by atoms with Crippen LogP contribution in [-0.2, 0) is 11.2 Å². The van der Waals surface area contributed by atoms with Gasteiger partial charge in [0.2, 0.25) is 0 Å². The fraction of sp³-hybridized carbons (Fsp3) is 0.625. The predicted octanol–water partition coefficient (Wildman–Crippen LogP) is 1.98. The third-order valence-corrected chi connectivity index (χ3v) is 4.48. The molecule has 0 aromatic heterocycles. The van der Waals surface area contributed by atoms with Gasteiger partial charge in [-0.15, -0.1) is 0 Å². The summed E-state index contributed by atoms with van der Waals surface area (Å²) in [5.74, 6) is 0. The van der Waals surface area contributed by atoms with Crippen LogP contribution in [0.4, 0.5) is 0 Å². The van der Waals surface area contributed by atoms with Crippen LogP contribution in [0.1, 0.15) is 31.1 Å². The molecule has 0 radical (unpaired) electrons. The number of hydrogen-bond donors (Lipinski definition) is 1. The highest BCUT2D eigenvalue weighted by molar-refractivity contribution is 5.31. The van der Waals surface area contributed by atoms with Gasteiger partial charge in [0.25, 0.3) is 0 Å². The number of nitrogens with zero attached hydrogens (tertiary/aromatic N) is 1. The molecule has 0 amide bonds. The second-order valence-electron chi connectivity index (χ2n) is 5.86. The highest BCUT2D eigenvalue weighted by Gasteiger charge is 2.29. The number of fused-ring (bicyclic) bond motifs is 1. The zero-order valence-corrected chi connectivity index (χ0v) is 11.9. The number of benzene rings is 1. The van der Waals surface area contributed by atoms with Crippen molar-refractivity contribution in [1.82, 2.24) is 10.2 Å². The Labute approximate surface area is 115 Å². The fourth-order valence-electron chi connectivity index (χ4n) is 3.35. The molecule has 3 nitrogen and oxygen atoms in total. The molecule has 2 heterocycles. The lowest BCUT2D eigenvalue weighted by Crippen LogP contribution is -2.56. The van der Waals surface area contributed by atoms with Crippen molar-refractivity contribution in [2.75, 3.05) is 26.2 Å². The zero-order valence-electron chi connectivity index (χ0n) is 11.9. The molecule has 1 N–H and O–H groups in total. The maximum absolute atomic E-state index is 6.04. The summed E-state index contributed by atoms with van der Waals surface area (Å²) in [7, 11) is 0. The van der Waals surface area contributed by atoms with Crippen LogP contribution >= 0.6 is 0 Å². The van der Waals surface area contributed by atoms with Crippen molar-refractivity contribution in [3.8, 4) is 0 Å². The van der Waals surface area contributed by atoms with Crippen LogP contribution in [0.2, 0.25) is 0 Å². The molecule has 3 heteroatoms. The van der Waals surface area contributed by atoms with Gasteiger partial charge in [-0.1, -0.05) is 24.3 Å². The van der Waals surface area contributed by atoms with Crippen molar-refractivity contribution in [3.63, 3.8) is 0 Å². The zero-order chi connectivity index (χ0) is 13.2. The van der Waals surface area contributed by atoms with E-state index in [1.807, 2.05) is 0 Å². The molecule has 2 aliphatic heterocycles. The largest absolute Gasteiger partial charge is 0.372 e. The minimum atomic E-state index is 0.243. The standard InChI is InChI=1S/C16H24N2O/c1-12-9-17-10-13(2)18(12)11-16-15-6-4-3-5-14(15)7-8-19-16/h3-6,12-13,16-17H,7-11H2,1-2H3. The SMILES string of the molecule is CC1CNCC(C)N1CC1OCCc2ccccc21. The Bertz CT molecular complexity index is 425. The Morgan fingerprint density at radius 2 is 1.95 bits per heavy atom. The van der Waals surface area contributed by atoms with Crippen LogP contribution in [0.5, 0.6) is 0 Å². The molecule has 3 atom stereocenters. The van der Waals surface area contributed by atoms with E-state index in [1.54, 1.807) is 0 Å². The molecule has 0 saturated carbocycles. The minimum absolute atomic E-state index is 0.243. The van der Waals surface area contributed by atoms with Gasteiger partial charge < -0.3 is 10.1 Å². The van der Waals surface area contributed by atoms with E-state index in [9.17, 15) is 0 Å². The quantitative estimate of drug-likeness (QED) is 0.880. The normalized spacial score (nSPS) is 32.0. The Hall–Kier alpha value is -0.900. The Morgan fingerprint density at radius 1 is 1.21 bits per heavy atom. The number of piperazine rings is 1. The van der Waals surface area contributed by atoms with Crippen LogP contribution in [0.15, 0.2) is 24.3 Å². The first-order valence-corrected chi connectivity index (χ1v) is 7.41. The molecule has 2 aliphatic rings.